The Labute approximate surface area is 204 Å². The van der Waals surface area contributed by atoms with Gasteiger partial charge in [-0.25, -0.2) is 0 Å². The van der Waals surface area contributed by atoms with Gasteiger partial charge in [0, 0.05) is 29.9 Å². The molecule has 2 nitrogen and oxygen atoms in total. The van der Waals surface area contributed by atoms with Crippen LogP contribution >= 0.6 is 0 Å². The van der Waals surface area contributed by atoms with Crippen LogP contribution in [0.25, 0.3) is 0 Å². The third-order valence-corrected chi connectivity index (χ3v) is 6.78. The van der Waals surface area contributed by atoms with E-state index in [1.807, 2.05) is 0 Å². The number of nitrogens with one attached hydrogen (secondary N) is 2. The van der Waals surface area contributed by atoms with Crippen molar-refractivity contribution in [3.8, 4) is 0 Å². The molecule has 0 spiro atoms. The minimum absolute atomic E-state index is 0.973. The molecule has 0 bridgehead atoms. The van der Waals surface area contributed by atoms with Crippen LogP contribution in [0.1, 0.15) is 121 Å². The SMILES string of the molecule is [Si]CCCCCCCCCCCCCCCCCCCCNCCNCc1ccccc1. The predicted octanol–water partition coefficient (Wildman–Crippen LogP) is 7.97. The average Bonchev–Trinajstić information content (AvgIpc) is 2.82. The van der Waals surface area contributed by atoms with Crippen LogP contribution in [0, 0.1) is 0 Å². The molecule has 0 aliphatic heterocycles. The van der Waals surface area contributed by atoms with E-state index in [4.69, 9.17) is 0 Å². The molecule has 0 aliphatic rings. The van der Waals surface area contributed by atoms with Gasteiger partial charge in [-0.2, -0.15) is 0 Å². The Kier molecular flexibility index (Phi) is 22.9. The van der Waals surface area contributed by atoms with Crippen molar-refractivity contribution >= 4 is 10.2 Å². The Bertz CT molecular complexity index is 465. The van der Waals surface area contributed by atoms with Crippen LogP contribution in [-0.2, 0) is 6.54 Å². The molecular formula is C29H53N2Si. The summed E-state index contributed by atoms with van der Waals surface area (Å²) in [6.45, 7) is 4.27. The van der Waals surface area contributed by atoms with Gasteiger partial charge in [0.25, 0.3) is 0 Å². The van der Waals surface area contributed by atoms with E-state index in [-0.39, 0.29) is 0 Å². The van der Waals surface area contributed by atoms with Crippen molar-refractivity contribution in [1.82, 2.24) is 10.6 Å². The highest BCUT2D eigenvalue weighted by Gasteiger charge is 1.96. The Hall–Kier alpha value is -0.643. The molecule has 0 amide bonds. The van der Waals surface area contributed by atoms with E-state index in [1.165, 1.54) is 134 Å². The highest BCUT2D eigenvalue weighted by molar-refractivity contribution is 6.08. The second kappa shape index (κ2) is 25.0. The van der Waals surface area contributed by atoms with Gasteiger partial charge in [-0.05, 0) is 18.5 Å². The van der Waals surface area contributed by atoms with E-state index in [0.29, 0.717) is 0 Å². The molecule has 0 atom stereocenters. The van der Waals surface area contributed by atoms with Crippen molar-refractivity contribution < 1.29 is 0 Å². The molecule has 32 heavy (non-hydrogen) atoms. The van der Waals surface area contributed by atoms with Crippen LogP contribution in [0.2, 0.25) is 6.04 Å². The van der Waals surface area contributed by atoms with Gasteiger partial charge in [0.1, 0.15) is 0 Å². The van der Waals surface area contributed by atoms with E-state index in [9.17, 15) is 0 Å². The lowest BCUT2D eigenvalue weighted by atomic mass is 10.0. The molecule has 183 valence electrons. The van der Waals surface area contributed by atoms with Gasteiger partial charge in [-0.3, -0.25) is 0 Å². The van der Waals surface area contributed by atoms with Crippen molar-refractivity contribution in [2.45, 2.75) is 128 Å². The van der Waals surface area contributed by atoms with Crippen LogP contribution in [0.15, 0.2) is 30.3 Å². The summed E-state index contributed by atoms with van der Waals surface area (Å²) in [5, 5.41) is 7.06. The van der Waals surface area contributed by atoms with Crippen molar-refractivity contribution in [3.05, 3.63) is 35.9 Å². The first-order valence-electron chi connectivity index (χ1n) is 14.0. The van der Waals surface area contributed by atoms with Crippen LogP contribution < -0.4 is 10.6 Å². The van der Waals surface area contributed by atoms with Gasteiger partial charge in [0.15, 0.2) is 0 Å². The molecule has 3 radical (unpaired) electrons. The van der Waals surface area contributed by atoms with E-state index in [0.717, 1.165) is 19.6 Å². The molecule has 0 aliphatic carbocycles. The molecule has 0 saturated heterocycles. The summed E-state index contributed by atoms with van der Waals surface area (Å²) in [5.41, 5.74) is 1.37. The standard InChI is InChI=1S/C29H53N2Si/c32-27-21-16-14-12-10-8-6-4-2-1-3-5-7-9-11-13-15-20-24-30-25-26-31-28-29-22-18-17-19-23-29/h17-19,22-23,30-31H,1-16,20-21,24-28H2. The van der Waals surface area contributed by atoms with Crippen LogP contribution in [0.5, 0.6) is 0 Å². The minimum Gasteiger partial charge on any atom is -0.315 e. The Morgan fingerprint density at radius 3 is 1.31 bits per heavy atom. The van der Waals surface area contributed by atoms with E-state index < -0.39 is 0 Å². The summed E-state index contributed by atoms with van der Waals surface area (Å²) in [6, 6.07) is 11.8. The van der Waals surface area contributed by atoms with E-state index >= 15 is 0 Å². The van der Waals surface area contributed by atoms with Gasteiger partial charge in [-0.15, -0.1) is 0 Å². The van der Waals surface area contributed by atoms with Gasteiger partial charge >= 0.3 is 0 Å². The number of benzene rings is 1. The fourth-order valence-corrected chi connectivity index (χ4v) is 4.58. The lowest BCUT2D eigenvalue weighted by molar-refractivity contribution is 0.520. The summed E-state index contributed by atoms with van der Waals surface area (Å²) >= 11 is 0. The van der Waals surface area contributed by atoms with Gasteiger partial charge in [0.05, 0.1) is 0 Å². The molecule has 1 rings (SSSR count). The van der Waals surface area contributed by atoms with Gasteiger partial charge in [0.2, 0.25) is 0 Å². The summed E-state index contributed by atoms with van der Waals surface area (Å²) in [4.78, 5) is 0. The fourth-order valence-electron chi connectivity index (χ4n) is 4.33. The summed E-state index contributed by atoms with van der Waals surface area (Å²) in [7, 11) is 3.56. The monoisotopic (exact) mass is 457 g/mol. The Balaban J connectivity index is 1.64. The van der Waals surface area contributed by atoms with Crippen LogP contribution in [0.4, 0.5) is 0 Å². The zero-order chi connectivity index (χ0) is 22.8. The maximum atomic E-state index is 3.56. The molecule has 0 saturated carbocycles. The minimum atomic E-state index is 0.973. The largest absolute Gasteiger partial charge is 0.315 e. The predicted molar refractivity (Wildman–Crippen MR) is 145 cm³/mol. The maximum Gasteiger partial charge on any atom is 0.0222 e. The summed E-state index contributed by atoms with van der Waals surface area (Å²) in [5.74, 6) is 0. The average molecular weight is 458 g/mol. The topological polar surface area (TPSA) is 24.1 Å². The van der Waals surface area contributed by atoms with Crippen LogP contribution in [-0.4, -0.2) is 29.9 Å². The quantitative estimate of drug-likeness (QED) is 0.115. The molecule has 0 aromatic heterocycles. The molecule has 0 fully saturated rings. The van der Waals surface area contributed by atoms with Crippen molar-refractivity contribution in [2.75, 3.05) is 19.6 Å². The molecule has 3 heteroatoms. The Morgan fingerprint density at radius 2 is 0.844 bits per heavy atom. The van der Waals surface area contributed by atoms with Crippen molar-refractivity contribution in [1.29, 1.82) is 0 Å². The second-order valence-corrected chi connectivity index (χ2v) is 10.0. The Morgan fingerprint density at radius 1 is 0.438 bits per heavy atom. The van der Waals surface area contributed by atoms with E-state index in [2.05, 4.69) is 51.2 Å². The fraction of sp³-hybridized carbons (Fsp3) is 0.793. The number of hydrogen-bond donors (Lipinski definition) is 2. The smallest absolute Gasteiger partial charge is 0.0222 e. The first-order chi connectivity index (χ1) is 15.9. The first kappa shape index (κ1) is 29.4. The number of hydrogen-bond acceptors (Lipinski definition) is 2. The van der Waals surface area contributed by atoms with Crippen LogP contribution in [0.3, 0.4) is 0 Å². The van der Waals surface area contributed by atoms with Gasteiger partial charge < -0.3 is 10.6 Å². The molecular weight excluding hydrogens is 404 g/mol. The zero-order valence-electron chi connectivity index (χ0n) is 21.2. The summed E-state index contributed by atoms with van der Waals surface area (Å²) < 4.78 is 0. The first-order valence-corrected chi connectivity index (χ1v) is 14.7. The van der Waals surface area contributed by atoms with Crippen molar-refractivity contribution in [3.63, 3.8) is 0 Å². The molecule has 2 N–H and O–H groups in total. The highest BCUT2D eigenvalue weighted by atomic mass is 28.1. The molecule has 0 unspecified atom stereocenters. The molecule has 1 aromatic rings. The normalized spacial score (nSPS) is 11.3. The maximum absolute atomic E-state index is 3.56. The zero-order valence-corrected chi connectivity index (χ0v) is 22.2. The molecule has 1 aromatic carbocycles. The lowest BCUT2D eigenvalue weighted by Crippen LogP contribution is -2.27. The third-order valence-electron chi connectivity index (χ3n) is 6.43. The van der Waals surface area contributed by atoms with Crippen molar-refractivity contribution in [2.24, 2.45) is 0 Å². The second-order valence-electron chi connectivity index (χ2n) is 9.53. The molecule has 0 heterocycles. The highest BCUT2D eigenvalue weighted by Crippen LogP contribution is 2.14. The van der Waals surface area contributed by atoms with E-state index in [1.54, 1.807) is 0 Å². The van der Waals surface area contributed by atoms with Gasteiger partial charge in [-0.1, -0.05) is 146 Å². The third kappa shape index (κ3) is 21.2. The number of rotatable bonds is 25. The lowest BCUT2D eigenvalue weighted by Gasteiger charge is -2.07. The summed E-state index contributed by atoms with van der Waals surface area (Å²) in [6.07, 6.45) is 25.9. The number of unbranched alkanes of at least 4 members (excludes halogenated alkanes) is 17.